The average molecular weight is 241 g/mol. The number of piperidine rings is 1. The molecule has 0 aromatic heterocycles. The molecule has 2 aliphatic heterocycles. The van der Waals surface area contributed by atoms with Gasteiger partial charge in [0.15, 0.2) is 5.17 Å². The Labute approximate surface area is 103 Å². The molecular formula is C12H23N3S. The Morgan fingerprint density at radius 2 is 2.19 bits per heavy atom. The molecule has 0 bridgehead atoms. The zero-order valence-corrected chi connectivity index (χ0v) is 11.2. The van der Waals surface area contributed by atoms with E-state index in [0.717, 1.165) is 12.5 Å². The van der Waals surface area contributed by atoms with Gasteiger partial charge in [0, 0.05) is 18.3 Å². The lowest BCUT2D eigenvalue weighted by atomic mass is 9.97. The highest BCUT2D eigenvalue weighted by atomic mass is 32.2. The summed E-state index contributed by atoms with van der Waals surface area (Å²) in [6.45, 7) is 5.75. The second kappa shape index (κ2) is 5.92. The zero-order valence-electron chi connectivity index (χ0n) is 10.4. The van der Waals surface area contributed by atoms with E-state index < -0.39 is 0 Å². The van der Waals surface area contributed by atoms with Crippen LogP contribution in [0.15, 0.2) is 4.99 Å². The smallest absolute Gasteiger partial charge is 0.156 e. The van der Waals surface area contributed by atoms with E-state index in [1.165, 1.54) is 43.3 Å². The van der Waals surface area contributed by atoms with Gasteiger partial charge in [-0.2, -0.15) is 0 Å². The van der Waals surface area contributed by atoms with Crippen molar-refractivity contribution < 1.29 is 0 Å². The molecule has 2 heterocycles. The molecule has 0 aliphatic carbocycles. The zero-order chi connectivity index (χ0) is 11.4. The van der Waals surface area contributed by atoms with Crippen LogP contribution < -0.4 is 5.32 Å². The number of amidine groups is 1. The van der Waals surface area contributed by atoms with Gasteiger partial charge < -0.3 is 10.2 Å². The van der Waals surface area contributed by atoms with Gasteiger partial charge in [-0.25, -0.2) is 0 Å². The van der Waals surface area contributed by atoms with E-state index in [1.54, 1.807) is 0 Å². The number of hydrogen-bond acceptors (Lipinski definition) is 3. The van der Waals surface area contributed by atoms with Gasteiger partial charge in [0.25, 0.3) is 0 Å². The van der Waals surface area contributed by atoms with E-state index in [1.807, 2.05) is 11.8 Å². The van der Waals surface area contributed by atoms with Crippen molar-refractivity contribution in [2.24, 2.45) is 10.9 Å². The maximum Gasteiger partial charge on any atom is 0.156 e. The van der Waals surface area contributed by atoms with E-state index in [9.17, 15) is 0 Å². The fourth-order valence-corrected chi connectivity index (χ4v) is 3.30. The van der Waals surface area contributed by atoms with Gasteiger partial charge >= 0.3 is 0 Å². The van der Waals surface area contributed by atoms with Crippen molar-refractivity contribution in [3.63, 3.8) is 0 Å². The third-order valence-corrected chi connectivity index (χ3v) is 4.66. The Bertz CT molecular complexity index is 247. The van der Waals surface area contributed by atoms with Gasteiger partial charge in [-0.15, -0.1) is 0 Å². The van der Waals surface area contributed by atoms with Crippen molar-refractivity contribution in [3.05, 3.63) is 0 Å². The second-order valence-electron chi connectivity index (χ2n) is 4.95. The largest absolute Gasteiger partial charge is 0.361 e. The highest BCUT2D eigenvalue weighted by Crippen LogP contribution is 2.19. The Kier molecular flexibility index (Phi) is 4.53. The predicted molar refractivity (Wildman–Crippen MR) is 72.2 cm³/mol. The van der Waals surface area contributed by atoms with Gasteiger partial charge in [0.2, 0.25) is 0 Å². The molecule has 4 heteroatoms. The van der Waals surface area contributed by atoms with E-state index in [4.69, 9.17) is 4.99 Å². The molecule has 0 spiro atoms. The summed E-state index contributed by atoms with van der Waals surface area (Å²) in [4.78, 5) is 7.14. The molecule has 0 aromatic rings. The van der Waals surface area contributed by atoms with Gasteiger partial charge in [-0.05, 0) is 45.3 Å². The molecule has 1 atom stereocenters. The van der Waals surface area contributed by atoms with E-state index in [-0.39, 0.29) is 0 Å². The van der Waals surface area contributed by atoms with Gasteiger partial charge in [-0.3, -0.25) is 4.99 Å². The molecular weight excluding hydrogens is 218 g/mol. The lowest BCUT2D eigenvalue weighted by Gasteiger charge is -2.27. The molecule has 2 saturated heterocycles. The number of aliphatic imine (C=N–C) groups is 1. The highest BCUT2D eigenvalue weighted by Gasteiger charge is 2.20. The molecule has 16 heavy (non-hydrogen) atoms. The number of nitrogens with one attached hydrogen (secondary N) is 1. The second-order valence-corrected chi connectivity index (χ2v) is 5.96. The van der Waals surface area contributed by atoms with E-state index in [0.29, 0.717) is 6.04 Å². The normalized spacial score (nSPS) is 30.9. The van der Waals surface area contributed by atoms with Crippen molar-refractivity contribution in [3.8, 4) is 0 Å². The lowest BCUT2D eigenvalue weighted by Crippen LogP contribution is -2.31. The first-order valence-corrected chi connectivity index (χ1v) is 7.38. The van der Waals surface area contributed by atoms with Crippen molar-refractivity contribution in [1.29, 1.82) is 0 Å². The number of hydrogen-bond donors (Lipinski definition) is 1. The Morgan fingerprint density at radius 1 is 1.44 bits per heavy atom. The van der Waals surface area contributed by atoms with Crippen LogP contribution in [0, 0.1) is 5.92 Å². The summed E-state index contributed by atoms with van der Waals surface area (Å²) in [6.07, 6.45) is 3.84. The summed E-state index contributed by atoms with van der Waals surface area (Å²) in [7, 11) is 2.21. The first kappa shape index (κ1) is 12.2. The number of thioether (sulfide) groups is 1. The first-order valence-electron chi connectivity index (χ1n) is 6.40. The third-order valence-electron chi connectivity index (χ3n) is 3.57. The minimum Gasteiger partial charge on any atom is -0.361 e. The maximum atomic E-state index is 4.72. The van der Waals surface area contributed by atoms with Crippen molar-refractivity contribution in [2.75, 3.05) is 32.4 Å². The molecule has 3 nitrogen and oxygen atoms in total. The van der Waals surface area contributed by atoms with Gasteiger partial charge in [0.05, 0.1) is 0 Å². The van der Waals surface area contributed by atoms with Crippen LogP contribution in [0.3, 0.4) is 0 Å². The van der Waals surface area contributed by atoms with Crippen LogP contribution in [-0.4, -0.2) is 48.5 Å². The van der Waals surface area contributed by atoms with E-state index in [2.05, 4.69) is 24.2 Å². The standard InChI is InChI=1S/C12H23N3S/c1-3-11-9-16-12(14-11)13-8-10-4-6-15(2)7-5-10/h10-11H,3-9H2,1-2H3,(H,13,14). The molecule has 0 aromatic carbocycles. The highest BCUT2D eigenvalue weighted by molar-refractivity contribution is 8.14. The number of nitrogens with zero attached hydrogens (tertiary/aromatic N) is 2. The van der Waals surface area contributed by atoms with Gasteiger partial charge in [0.1, 0.15) is 0 Å². The van der Waals surface area contributed by atoms with Crippen LogP contribution in [0.5, 0.6) is 0 Å². The fraction of sp³-hybridized carbons (Fsp3) is 0.917. The molecule has 92 valence electrons. The lowest BCUT2D eigenvalue weighted by molar-refractivity contribution is 0.224. The van der Waals surface area contributed by atoms with Crippen molar-refractivity contribution in [1.82, 2.24) is 10.2 Å². The molecule has 1 unspecified atom stereocenters. The van der Waals surface area contributed by atoms with Crippen LogP contribution in [-0.2, 0) is 0 Å². The van der Waals surface area contributed by atoms with Crippen LogP contribution in [0.4, 0.5) is 0 Å². The third kappa shape index (κ3) is 3.39. The first-order chi connectivity index (χ1) is 7.78. The molecule has 0 amide bonds. The Hall–Kier alpha value is -0.220. The summed E-state index contributed by atoms with van der Waals surface area (Å²) in [5.74, 6) is 2.01. The molecule has 2 aliphatic rings. The minimum atomic E-state index is 0.654. The predicted octanol–water partition coefficient (Wildman–Crippen LogP) is 1.80. The minimum absolute atomic E-state index is 0.654. The fourth-order valence-electron chi connectivity index (χ4n) is 2.21. The van der Waals surface area contributed by atoms with Crippen LogP contribution >= 0.6 is 11.8 Å². The molecule has 2 rings (SSSR count). The summed E-state index contributed by atoms with van der Waals surface area (Å²) in [6, 6.07) is 0.654. The average Bonchev–Trinajstić information content (AvgIpc) is 2.76. The van der Waals surface area contributed by atoms with Crippen LogP contribution in [0.2, 0.25) is 0 Å². The maximum absolute atomic E-state index is 4.72. The van der Waals surface area contributed by atoms with Crippen LogP contribution in [0.1, 0.15) is 26.2 Å². The number of rotatable bonds is 3. The quantitative estimate of drug-likeness (QED) is 0.816. The van der Waals surface area contributed by atoms with Gasteiger partial charge in [-0.1, -0.05) is 18.7 Å². The summed E-state index contributed by atoms with van der Waals surface area (Å²) in [5.41, 5.74) is 0. The van der Waals surface area contributed by atoms with Crippen molar-refractivity contribution >= 4 is 16.9 Å². The summed E-state index contributed by atoms with van der Waals surface area (Å²) in [5, 5.41) is 4.68. The molecule has 2 fully saturated rings. The van der Waals surface area contributed by atoms with Crippen LogP contribution in [0.25, 0.3) is 0 Å². The topological polar surface area (TPSA) is 27.6 Å². The Morgan fingerprint density at radius 3 is 2.81 bits per heavy atom. The summed E-state index contributed by atoms with van der Waals surface area (Å²) < 4.78 is 0. The molecule has 0 radical (unpaired) electrons. The van der Waals surface area contributed by atoms with E-state index >= 15 is 0 Å². The van der Waals surface area contributed by atoms with Crippen molar-refractivity contribution in [2.45, 2.75) is 32.2 Å². The molecule has 1 N–H and O–H groups in total. The number of likely N-dealkylation sites (tertiary alicyclic amines) is 1. The summed E-state index contributed by atoms with van der Waals surface area (Å²) >= 11 is 1.89. The molecule has 0 saturated carbocycles. The monoisotopic (exact) mass is 241 g/mol. The SMILES string of the molecule is CCC1CSC(=NCC2CCN(C)CC2)N1. The Balaban J connectivity index is 1.72.